The lowest BCUT2D eigenvalue weighted by molar-refractivity contribution is -0.311. The largest absolute Gasteiger partial charge is 0.550 e. The second-order valence-electron chi connectivity index (χ2n) is 4.61. The van der Waals surface area contributed by atoms with Crippen LogP contribution in [0.2, 0.25) is 0 Å². The number of nitrogens with zero attached hydrogens (tertiary/aromatic N) is 1. The van der Waals surface area contributed by atoms with E-state index in [9.17, 15) is 19.5 Å². The molecule has 0 aromatic carbocycles. The average molecular weight is 236 g/mol. The van der Waals surface area contributed by atoms with Crippen molar-refractivity contribution >= 4 is 17.8 Å². The first-order chi connectivity index (χ1) is 8.02. The molecule has 1 atom stereocenters. The summed E-state index contributed by atoms with van der Waals surface area (Å²) < 4.78 is 0. The van der Waals surface area contributed by atoms with Crippen molar-refractivity contribution < 1.29 is 19.5 Å². The fraction of sp³-hybridized carbons (Fsp3) is 0.583. The molecule has 0 N–H and O–H groups in total. The van der Waals surface area contributed by atoms with E-state index in [1.165, 1.54) is 6.92 Å². The fourth-order valence-electron chi connectivity index (χ4n) is 2.31. The van der Waals surface area contributed by atoms with Gasteiger partial charge in [-0.15, -0.1) is 0 Å². The Bertz CT molecular complexity index is 396. The van der Waals surface area contributed by atoms with Crippen LogP contribution < -0.4 is 5.11 Å². The lowest BCUT2D eigenvalue weighted by Crippen LogP contribution is -2.41. The first-order valence-electron chi connectivity index (χ1n) is 5.81. The Hall–Kier alpha value is -1.65. The van der Waals surface area contributed by atoms with Gasteiger partial charge >= 0.3 is 0 Å². The predicted molar refractivity (Wildman–Crippen MR) is 56.4 cm³/mol. The number of amides is 2. The first kappa shape index (κ1) is 11.8. The van der Waals surface area contributed by atoms with Gasteiger partial charge in [0.25, 0.3) is 11.8 Å². The second kappa shape index (κ2) is 4.31. The van der Waals surface area contributed by atoms with Gasteiger partial charge in [-0.05, 0) is 25.7 Å². The highest BCUT2D eigenvalue weighted by molar-refractivity contribution is 6.19. The highest BCUT2D eigenvalue weighted by atomic mass is 16.4. The van der Waals surface area contributed by atoms with Gasteiger partial charge in [0.1, 0.15) is 0 Å². The topological polar surface area (TPSA) is 77.5 Å². The van der Waals surface area contributed by atoms with E-state index in [1.807, 2.05) is 0 Å². The monoisotopic (exact) mass is 236 g/mol. The van der Waals surface area contributed by atoms with E-state index < -0.39 is 11.9 Å². The molecule has 92 valence electrons. The molecule has 0 bridgehead atoms. The van der Waals surface area contributed by atoms with Crippen molar-refractivity contribution in [3.8, 4) is 0 Å². The molecule has 0 saturated heterocycles. The van der Waals surface area contributed by atoms with Crippen molar-refractivity contribution in [1.29, 1.82) is 0 Å². The van der Waals surface area contributed by atoms with Crippen LogP contribution >= 0.6 is 0 Å². The summed E-state index contributed by atoms with van der Waals surface area (Å²) in [6.45, 7) is 1.35. The Morgan fingerprint density at radius 2 is 1.71 bits per heavy atom. The van der Waals surface area contributed by atoms with Gasteiger partial charge in [-0.2, -0.15) is 0 Å². The van der Waals surface area contributed by atoms with Crippen molar-refractivity contribution in [2.24, 2.45) is 5.92 Å². The third kappa shape index (κ3) is 1.97. The van der Waals surface area contributed by atoms with E-state index in [2.05, 4.69) is 0 Å². The maximum atomic E-state index is 11.9. The molecule has 0 radical (unpaired) electrons. The predicted octanol–water partition coefficient (Wildman–Crippen LogP) is -0.388. The molecular weight excluding hydrogens is 222 g/mol. The molecule has 2 rings (SSSR count). The normalized spacial score (nSPS) is 21.8. The lowest BCUT2D eigenvalue weighted by atomic mass is 9.93. The molecule has 5 nitrogen and oxygen atoms in total. The number of rotatable bonds is 3. The number of carboxylic acids is 1. The third-order valence-corrected chi connectivity index (χ3v) is 3.33. The Labute approximate surface area is 99.1 Å². The number of carbonyl (C=O) groups excluding carboxylic acids is 3. The van der Waals surface area contributed by atoms with Crippen LogP contribution in [0.15, 0.2) is 11.1 Å². The Morgan fingerprint density at radius 1 is 1.24 bits per heavy atom. The minimum atomic E-state index is -1.24. The molecule has 5 heteroatoms. The number of aliphatic carboxylic acids is 1. The molecule has 1 aliphatic carbocycles. The molecule has 2 amide bonds. The van der Waals surface area contributed by atoms with Gasteiger partial charge in [0.2, 0.25) is 0 Å². The van der Waals surface area contributed by atoms with Gasteiger partial charge in [0.05, 0.1) is 0 Å². The molecule has 0 aromatic heterocycles. The van der Waals surface area contributed by atoms with Crippen molar-refractivity contribution in [2.45, 2.75) is 32.6 Å². The van der Waals surface area contributed by atoms with Crippen LogP contribution in [-0.2, 0) is 14.4 Å². The zero-order chi connectivity index (χ0) is 12.6. The van der Waals surface area contributed by atoms with Gasteiger partial charge in [-0.3, -0.25) is 14.5 Å². The fourth-order valence-corrected chi connectivity index (χ4v) is 2.31. The summed E-state index contributed by atoms with van der Waals surface area (Å²) in [6.07, 6.45) is 3.11. The zero-order valence-corrected chi connectivity index (χ0v) is 9.69. The maximum Gasteiger partial charge on any atom is 0.257 e. The summed E-state index contributed by atoms with van der Waals surface area (Å²) in [4.78, 5) is 35.6. The quantitative estimate of drug-likeness (QED) is 0.625. The molecular formula is C12H14NO4-. The Balaban J connectivity index is 2.16. The summed E-state index contributed by atoms with van der Waals surface area (Å²) in [5.74, 6) is -2.68. The molecule has 2 aliphatic rings. The number of carbonyl (C=O) groups is 3. The lowest BCUT2D eigenvalue weighted by Gasteiger charge is -2.20. The van der Waals surface area contributed by atoms with Gasteiger partial charge in [0, 0.05) is 29.6 Å². The molecule has 0 spiro atoms. The number of imide groups is 1. The van der Waals surface area contributed by atoms with Crippen molar-refractivity contribution in [3.05, 3.63) is 11.1 Å². The van der Waals surface area contributed by atoms with Gasteiger partial charge in [-0.1, -0.05) is 6.92 Å². The second-order valence-corrected chi connectivity index (χ2v) is 4.61. The van der Waals surface area contributed by atoms with Crippen LogP contribution in [0.3, 0.4) is 0 Å². The van der Waals surface area contributed by atoms with Gasteiger partial charge in [-0.25, -0.2) is 0 Å². The van der Waals surface area contributed by atoms with E-state index in [4.69, 9.17) is 0 Å². The van der Waals surface area contributed by atoms with Crippen molar-refractivity contribution in [3.63, 3.8) is 0 Å². The van der Waals surface area contributed by atoms with E-state index in [0.717, 1.165) is 17.7 Å². The van der Waals surface area contributed by atoms with Crippen LogP contribution in [0.1, 0.15) is 32.6 Å². The molecule has 0 fully saturated rings. The highest BCUT2D eigenvalue weighted by Crippen LogP contribution is 2.33. The third-order valence-electron chi connectivity index (χ3n) is 3.33. The summed E-state index contributed by atoms with van der Waals surface area (Å²) >= 11 is 0. The summed E-state index contributed by atoms with van der Waals surface area (Å²) in [5, 5.41) is 10.6. The first-order valence-corrected chi connectivity index (χ1v) is 5.81. The molecule has 1 aliphatic heterocycles. The van der Waals surface area contributed by atoms with Crippen LogP contribution in [0.4, 0.5) is 0 Å². The van der Waals surface area contributed by atoms with Crippen molar-refractivity contribution in [1.82, 2.24) is 4.90 Å². The molecule has 1 heterocycles. The van der Waals surface area contributed by atoms with E-state index in [1.54, 1.807) is 0 Å². The van der Waals surface area contributed by atoms with Crippen LogP contribution in [0, 0.1) is 5.92 Å². The SMILES string of the molecule is CC(CN1C(=O)C2=C(CCCC2)C1=O)C(=O)[O-]. The molecule has 17 heavy (non-hydrogen) atoms. The molecule has 0 saturated carbocycles. The van der Waals surface area contributed by atoms with Gasteiger partial charge in [0.15, 0.2) is 0 Å². The standard InChI is InChI=1S/C12H15NO4/c1-7(12(16)17)6-13-10(14)8-4-2-3-5-9(8)11(13)15/h7H,2-6H2,1H3,(H,16,17)/p-1. The van der Waals surface area contributed by atoms with Crippen LogP contribution in [-0.4, -0.2) is 29.2 Å². The van der Waals surface area contributed by atoms with Crippen LogP contribution in [0.25, 0.3) is 0 Å². The zero-order valence-electron chi connectivity index (χ0n) is 9.69. The molecule has 1 unspecified atom stereocenters. The van der Waals surface area contributed by atoms with Crippen LogP contribution in [0.5, 0.6) is 0 Å². The number of hydrogen-bond acceptors (Lipinski definition) is 4. The van der Waals surface area contributed by atoms with E-state index in [0.29, 0.717) is 24.0 Å². The average Bonchev–Trinajstić information content (AvgIpc) is 2.55. The minimum absolute atomic E-state index is 0.0903. The number of carboxylic acid groups (broad SMARTS) is 1. The Morgan fingerprint density at radius 3 is 2.12 bits per heavy atom. The van der Waals surface area contributed by atoms with Crippen molar-refractivity contribution in [2.75, 3.05) is 6.54 Å². The smallest absolute Gasteiger partial charge is 0.257 e. The summed E-state index contributed by atoms with van der Waals surface area (Å²) in [7, 11) is 0. The Kier molecular flexibility index (Phi) is 3.00. The molecule has 0 aromatic rings. The van der Waals surface area contributed by atoms with E-state index in [-0.39, 0.29) is 18.4 Å². The highest BCUT2D eigenvalue weighted by Gasteiger charge is 2.39. The van der Waals surface area contributed by atoms with Gasteiger partial charge < -0.3 is 9.90 Å². The summed E-state index contributed by atoms with van der Waals surface area (Å²) in [6, 6.07) is 0. The number of hydrogen-bond donors (Lipinski definition) is 0. The van der Waals surface area contributed by atoms with E-state index >= 15 is 0 Å². The minimum Gasteiger partial charge on any atom is -0.550 e. The summed E-state index contributed by atoms with van der Waals surface area (Å²) in [5.41, 5.74) is 1.18. The maximum absolute atomic E-state index is 11.9.